The lowest BCUT2D eigenvalue weighted by Gasteiger charge is -2.19. The maximum Gasteiger partial charge on any atom is 0.339 e. The predicted molar refractivity (Wildman–Crippen MR) is 94.5 cm³/mol. The molecular weight excluding hydrogens is 344 g/mol. The first-order valence-corrected chi connectivity index (χ1v) is 8.21. The molecule has 0 amide bonds. The van der Waals surface area contributed by atoms with Gasteiger partial charge in [0.15, 0.2) is 17.3 Å². The Bertz CT molecular complexity index is 849. The lowest BCUT2D eigenvalue weighted by molar-refractivity contribution is 0.0694. The van der Waals surface area contributed by atoms with Crippen molar-refractivity contribution in [3.63, 3.8) is 0 Å². The Morgan fingerprint density at radius 3 is 2.76 bits per heavy atom. The van der Waals surface area contributed by atoms with Gasteiger partial charge in [-0.3, -0.25) is 0 Å². The minimum absolute atomic E-state index is 0.0232. The Morgan fingerprint density at radius 2 is 2.04 bits per heavy atom. The number of fused-ring (bicyclic) bond motifs is 1. The Morgan fingerprint density at radius 1 is 1.28 bits per heavy atom. The van der Waals surface area contributed by atoms with Gasteiger partial charge in [0.05, 0.1) is 16.3 Å². The maximum atomic E-state index is 11.3. The highest BCUT2D eigenvalue weighted by atomic mass is 35.5. The summed E-state index contributed by atoms with van der Waals surface area (Å²) in [6, 6.07) is 3.59. The molecule has 0 aliphatic carbocycles. The molecule has 7 heteroatoms. The van der Waals surface area contributed by atoms with Crippen molar-refractivity contribution in [3.8, 4) is 11.5 Å². The quantitative estimate of drug-likeness (QED) is 0.890. The smallest absolute Gasteiger partial charge is 0.339 e. The molecule has 0 saturated carbocycles. The number of hydrogen-bond donors (Lipinski definition) is 1. The Balaban J connectivity index is 1.91. The van der Waals surface area contributed by atoms with Gasteiger partial charge in [0.2, 0.25) is 0 Å². The van der Waals surface area contributed by atoms with Crippen LogP contribution in [0.2, 0.25) is 5.02 Å². The molecule has 0 radical (unpaired) electrons. The topological polar surface area (TPSA) is 81.5 Å². The summed E-state index contributed by atoms with van der Waals surface area (Å²) in [7, 11) is 0. The van der Waals surface area contributed by atoms with Gasteiger partial charge in [0.25, 0.3) is 0 Å². The fraction of sp³-hybridized carbons (Fsp3) is 0.278. The zero-order chi connectivity index (χ0) is 18.0. The first-order chi connectivity index (χ1) is 12.0. The number of aromatic carboxylic acids is 1. The highest BCUT2D eigenvalue weighted by Crippen LogP contribution is 2.38. The first-order valence-electron chi connectivity index (χ1n) is 7.83. The van der Waals surface area contributed by atoms with Gasteiger partial charge in [-0.1, -0.05) is 31.5 Å². The van der Waals surface area contributed by atoms with Crippen LogP contribution in [0.15, 0.2) is 18.3 Å². The van der Waals surface area contributed by atoms with Crippen LogP contribution in [0.4, 0.5) is 0 Å². The molecule has 0 saturated heterocycles. The Labute approximate surface area is 150 Å². The van der Waals surface area contributed by atoms with Crippen LogP contribution in [0.1, 0.15) is 47.2 Å². The summed E-state index contributed by atoms with van der Waals surface area (Å²) < 4.78 is 11.0. The van der Waals surface area contributed by atoms with Gasteiger partial charge in [-0.2, -0.15) is 0 Å². The van der Waals surface area contributed by atoms with Crippen LogP contribution in [0.5, 0.6) is 11.5 Å². The third kappa shape index (κ3) is 3.74. The highest BCUT2D eigenvalue weighted by Gasteiger charge is 2.17. The molecule has 2 heterocycles. The van der Waals surface area contributed by atoms with E-state index >= 15 is 0 Å². The number of carboxylic acid groups (broad SMARTS) is 1. The van der Waals surface area contributed by atoms with Crippen LogP contribution in [0.3, 0.4) is 0 Å². The molecule has 0 bridgehead atoms. The average molecular weight is 361 g/mol. The zero-order valence-electron chi connectivity index (χ0n) is 13.8. The molecule has 0 fully saturated rings. The maximum absolute atomic E-state index is 11.3. The number of halogens is 1. The molecule has 1 aliphatic heterocycles. The predicted octanol–water partition coefficient (Wildman–Crippen LogP) is 3.89. The third-order valence-electron chi connectivity index (χ3n) is 3.66. The third-order valence-corrected chi connectivity index (χ3v) is 3.94. The van der Waals surface area contributed by atoms with Crippen molar-refractivity contribution >= 4 is 29.7 Å². The van der Waals surface area contributed by atoms with Gasteiger partial charge < -0.3 is 14.6 Å². The van der Waals surface area contributed by atoms with E-state index in [2.05, 4.69) is 9.97 Å². The van der Waals surface area contributed by atoms with E-state index in [1.165, 1.54) is 6.20 Å². The van der Waals surface area contributed by atoms with Crippen LogP contribution >= 0.6 is 11.6 Å². The van der Waals surface area contributed by atoms with E-state index in [9.17, 15) is 9.90 Å². The van der Waals surface area contributed by atoms with Gasteiger partial charge >= 0.3 is 5.97 Å². The molecule has 0 atom stereocenters. The van der Waals surface area contributed by atoms with Crippen molar-refractivity contribution < 1.29 is 19.4 Å². The number of nitrogens with zero attached hydrogens (tertiary/aromatic N) is 2. The van der Waals surface area contributed by atoms with Gasteiger partial charge in [-0.15, -0.1) is 0 Å². The second-order valence-corrected chi connectivity index (χ2v) is 6.25. The Kier molecular flexibility index (Phi) is 4.90. The number of hydrogen-bond acceptors (Lipinski definition) is 5. The van der Waals surface area contributed by atoms with E-state index < -0.39 is 5.97 Å². The lowest BCUT2D eigenvalue weighted by atomic mass is 10.1. The number of aromatic nitrogens is 2. The van der Waals surface area contributed by atoms with E-state index in [0.717, 1.165) is 5.56 Å². The van der Waals surface area contributed by atoms with Crippen molar-refractivity contribution in [1.82, 2.24) is 9.97 Å². The summed E-state index contributed by atoms with van der Waals surface area (Å²) in [5.41, 5.74) is 1.43. The standard InChI is InChI=1S/C18H17ClN2O4/c1-10(2)16-12(18(22)23)9-20-15(21-16)4-3-11-7-13(19)17-14(8-11)24-5-6-25-17/h3-4,7-10H,5-6H2,1-2H3,(H,22,23). The summed E-state index contributed by atoms with van der Waals surface area (Å²) in [4.78, 5) is 19.7. The van der Waals surface area contributed by atoms with Gasteiger partial charge in [0.1, 0.15) is 13.2 Å². The minimum Gasteiger partial charge on any atom is -0.486 e. The molecule has 130 valence electrons. The summed E-state index contributed by atoms with van der Waals surface area (Å²) in [6.07, 6.45) is 4.84. The molecule has 6 nitrogen and oxygen atoms in total. The summed E-state index contributed by atoms with van der Waals surface area (Å²) in [5.74, 6) is 0.528. The zero-order valence-corrected chi connectivity index (χ0v) is 14.6. The molecule has 0 unspecified atom stereocenters. The number of rotatable bonds is 4. The van der Waals surface area contributed by atoms with Gasteiger partial charge in [0, 0.05) is 6.20 Å². The van der Waals surface area contributed by atoms with E-state index in [1.54, 1.807) is 18.2 Å². The van der Waals surface area contributed by atoms with Crippen molar-refractivity contribution in [2.24, 2.45) is 0 Å². The second kappa shape index (κ2) is 7.11. The fourth-order valence-electron chi connectivity index (χ4n) is 2.49. The Hall–Kier alpha value is -2.60. The van der Waals surface area contributed by atoms with Crippen LogP contribution < -0.4 is 9.47 Å². The summed E-state index contributed by atoms with van der Waals surface area (Å²) >= 11 is 6.22. The molecular formula is C18H17ClN2O4. The number of carboxylic acids is 1. The van der Waals surface area contributed by atoms with Crippen molar-refractivity contribution in [2.75, 3.05) is 13.2 Å². The van der Waals surface area contributed by atoms with Crippen molar-refractivity contribution in [2.45, 2.75) is 19.8 Å². The normalized spacial score (nSPS) is 13.4. The van der Waals surface area contributed by atoms with Crippen LogP contribution in [-0.2, 0) is 0 Å². The number of ether oxygens (including phenoxy) is 2. The van der Waals surface area contributed by atoms with Crippen LogP contribution in [0.25, 0.3) is 12.2 Å². The molecule has 1 aromatic heterocycles. The van der Waals surface area contributed by atoms with E-state index in [0.29, 0.717) is 41.3 Å². The molecule has 1 aromatic carbocycles. The fourth-order valence-corrected chi connectivity index (χ4v) is 2.77. The van der Waals surface area contributed by atoms with Gasteiger partial charge in [-0.25, -0.2) is 14.8 Å². The highest BCUT2D eigenvalue weighted by molar-refractivity contribution is 6.32. The molecule has 25 heavy (non-hydrogen) atoms. The van der Waals surface area contributed by atoms with Crippen LogP contribution in [-0.4, -0.2) is 34.3 Å². The van der Waals surface area contributed by atoms with E-state index in [-0.39, 0.29) is 11.5 Å². The molecule has 0 spiro atoms. The lowest BCUT2D eigenvalue weighted by Crippen LogP contribution is -2.15. The minimum atomic E-state index is -1.03. The number of benzene rings is 1. The van der Waals surface area contributed by atoms with Crippen LogP contribution in [0, 0.1) is 0 Å². The average Bonchev–Trinajstić information content (AvgIpc) is 2.59. The molecule has 1 aliphatic rings. The first kappa shape index (κ1) is 17.2. The largest absolute Gasteiger partial charge is 0.486 e. The SMILES string of the molecule is CC(C)c1nc(C=Cc2cc(Cl)c3c(c2)OCCO3)ncc1C(=O)O. The monoisotopic (exact) mass is 360 g/mol. The summed E-state index contributed by atoms with van der Waals surface area (Å²) in [6.45, 7) is 4.74. The second-order valence-electron chi connectivity index (χ2n) is 5.85. The van der Waals surface area contributed by atoms with E-state index in [1.807, 2.05) is 19.9 Å². The van der Waals surface area contributed by atoms with E-state index in [4.69, 9.17) is 21.1 Å². The van der Waals surface area contributed by atoms with Crippen molar-refractivity contribution in [1.29, 1.82) is 0 Å². The molecule has 3 rings (SSSR count). The summed E-state index contributed by atoms with van der Waals surface area (Å²) in [5, 5.41) is 9.69. The van der Waals surface area contributed by atoms with Gasteiger partial charge in [-0.05, 0) is 29.7 Å². The number of carbonyl (C=O) groups is 1. The van der Waals surface area contributed by atoms with Crippen molar-refractivity contribution in [3.05, 3.63) is 46.0 Å². The molecule has 2 aromatic rings. The molecule has 1 N–H and O–H groups in total.